The van der Waals surface area contributed by atoms with E-state index >= 15 is 0 Å². The standard InChI is InChI=1S/C22H35N3O3.HI/c1-3-20(28-11-1)6-9-24-22(25-21-14-17-4-5-19(21)13-17)23-8-2-10-26-15-18-7-12-27-16-18;/h1,3,11,17-19,21H,2,4-10,12-16H2,(H2,23,24,25);1H. The van der Waals surface area contributed by atoms with Crippen LogP contribution in [0, 0.1) is 17.8 Å². The highest BCUT2D eigenvalue weighted by molar-refractivity contribution is 14.0. The molecule has 1 aliphatic heterocycles. The molecule has 6 nitrogen and oxygen atoms in total. The summed E-state index contributed by atoms with van der Waals surface area (Å²) in [6, 6.07) is 4.55. The summed E-state index contributed by atoms with van der Waals surface area (Å²) < 4.78 is 16.6. The van der Waals surface area contributed by atoms with Crippen molar-refractivity contribution >= 4 is 29.9 Å². The summed E-state index contributed by atoms with van der Waals surface area (Å²) >= 11 is 0. The number of nitrogens with zero attached hydrogens (tertiary/aromatic N) is 1. The molecule has 29 heavy (non-hydrogen) atoms. The van der Waals surface area contributed by atoms with Gasteiger partial charge in [0, 0.05) is 44.7 Å². The predicted octanol–water partition coefficient (Wildman–Crippen LogP) is 3.61. The monoisotopic (exact) mass is 517 g/mol. The third-order valence-corrected chi connectivity index (χ3v) is 6.40. The maximum atomic E-state index is 5.80. The van der Waals surface area contributed by atoms with E-state index in [1.807, 2.05) is 12.1 Å². The zero-order valence-electron chi connectivity index (χ0n) is 17.3. The van der Waals surface area contributed by atoms with Crippen LogP contribution in [0.2, 0.25) is 0 Å². The molecule has 2 N–H and O–H groups in total. The Hall–Kier alpha value is -0.800. The summed E-state index contributed by atoms with van der Waals surface area (Å²) in [7, 11) is 0. The van der Waals surface area contributed by atoms with Crippen molar-refractivity contribution in [3.8, 4) is 0 Å². The molecular weight excluding hydrogens is 481 g/mol. The first-order chi connectivity index (χ1) is 13.9. The van der Waals surface area contributed by atoms with Gasteiger partial charge >= 0.3 is 0 Å². The number of ether oxygens (including phenoxy) is 2. The van der Waals surface area contributed by atoms with E-state index in [-0.39, 0.29) is 24.0 Å². The van der Waals surface area contributed by atoms with Crippen molar-refractivity contribution in [2.45, 2.75) is 51.0 Å². The largest absolute Gasteiger partial charge is 0.469 e. The molecule has 4 unspecified atom stereocenters. The molecule has 7 heteroatoms. The van der Waals surface area contributed by atoms with Gasteiger partial charge in [0.25, 0.3) is 0 Å². The summed E-state index contributed by atoms with van der Waals surface area (Å²) in [5, 5.41) is 7.22. The number of furan rings is 1. The summed E-state index contributed by atoms with van der Waals surface area (Å²) in [5.74, 6) is 4.31. The van der Waals surface area contributed by atoms with E-state index in [0.29, 0.717) is 12.0 Å². The van der Waals surface area contributed by atoms with Crippen molar-refractivity contribution in [3.05, 3.63) is 24.2 Å². The Labute approximate surface area is 191 Å². The Bertz CT molecular complexity index is 604. The van der Waals surface area contributed by atoms with Crippen molar-refractivity contribution in [3.63, 3.8) is 0 Å². The van der Waals surface area contributed by atoms with Crippen LogP contribution in [-0.2, 0) is 15.9 Å². The van der Waals surface area contributed by atoms with Crippen LogP contribution in [0.3, 0.4) is 0 Å². The predicted molar refractivity (Wildman–Crippen MR) is 125 cm³/mol. The molecule has 4 atom stereocenters. The zero-order chi connectivity index (χ0) is 19.0. The lowest BCUT2D eigenvalue weighted by molar-refractivity contribution is 0.0893. The van der Waals surface area contributed by atoms with Crippen molar-refractivity contribution in [2.75, 3.05) is 39.5 Å². The van der Waals surface area contributed by atoms with E-state index in [1.165, 1.54) is 25.7 Å². The molecule has 1 saturated heterocycles. The molecule has 0 amide bonds. The molecule has 3 aliphatic rings. The van der Waals surface area contributed by atoms with Gasteiger partial charge < -0.3 is 24.5 Å². The minimum Gasteiger partial charge on any atom is -0.469 e. The second kappa shape index (κ2) is 12.2. The Kier molecular flexibility index (Phi) is 9.58. The van der Waals surface area contributed by atoms with Crippen LogP contribution in [0.4, 0.5) is 0 Å². The highest BCUT2D eigenvalue weighted by Gasteiger charge is 2.39. The highest BCUT2D eigenvalue weighted by atomic mass is 127. The zero-order valence-corrected chi connectivity index (χ0v) is 19.6. The maximum absolute atomic E-state index is 5.80. The van der Waals surface area contributed by atoms with E-state index < -0.39 is 0 Å². The number of hydrogen-bond donors (Lipinski definition) is 2. The van der Waals surface area contributed by atoms with Crippen molar-refractivity contribution < 1.29 is 13.9 Å². The van der Waals surface area contributed by atoms with Gasteiger partial charge in [-0.2, -0.15) is 0 Å². The van der Waals surface area contributed by atoms with Gasteiger partial charge in [0.15, 0.2) is 5.96 Å². The Morgan fingerprint density at radius 1 is 1.24 bits per heavy atom. The molecular formula is C22H36IN3O3. The number of aliphatic imine (C=N–C) groups is 1. The normalized spacial score (nSPS) is 28.5. The van der Waals surface area contributed by atoms with Crippen LogP contribution in [0.25, 0.3) is 0 Å². The molecule has 1 aromatic heterocycles. The van der Waals surface area contributed by atoms with Crippen molar-refractivity contribution in [1.82, 2.24) is 10.6 Å². The minimum absolute atomic E-state index is 0. The van der Waals surface area contributed by atoms with Crippen LogP contribution in [0.5, 0.6) is 0 Å². The third kappa shape index (κ3) is 7.14. The van der Waals surface area contributed by atoms with Crippen LogP contribution in [-0.4, -0.2) is 51.5 Å². The molecule has 0 radical (unpaired) electrons. The number of fused-ring (bicyclic) bond motifs is 2. The van der Waals surface area contributed by atoms with Crippen molar-refractivity contribution in [1.29, 1.82) is 0 Å². The molecule has 2 bridgehead atoms. The fourth-order valence-electron chi connectivity index (χ4n) is 4.83. The van der Waals surface area contributed by atoms with Gasteiger partial charge in [0.1, 0.15) is 5.76 Å². The highest BCUT2D eigenvalue weighted by Crippen LogP contribution is 2.44. The maximum Gasteiger partial charge on any atom is 0.191 e. The fourth-order valence-corrected chi connectivity index (χ4v) is 4.83. The molecule has 2 saturated carbocycles. The lowest BCUT2D eigenvalue weighted by Gasteiger charge is -2.25. The fraction of sp³-hybridized carbons (Fsp3) is 0.773. The number of rotatable bonds is 10. The molecule has 0 aromatic carbocycles. The van der Waals surface area contributed by atoms with Gasteiger partial charge in [-0.25, -0.2) is 0 Å². The first-order valence-corrected chi connectivity index (χ1v) is 11.1. The van der Waals surface area contributed by atoms with Gasteiger partial charge in [-0.05, 0) is 56.1 Å². The molecule has 2 aliphatic carbocycles. The summed E-state index contributed by atoms with van der Waals surface area (Å²) in [5.41, 5.74) is 0. The van der Waals surface area contributed by atoms with E-state index in [9.17, 15) is 0 Å². The van der Waals surface area contributed by atoms with Gasteiger partial charge in [-0.1, -0.05) is 6.42 Å². The topological polar surface area (TPSA) is 68.0 Å². The quantitative estimate of drug-likeness (QED) is 0.215. The van der Waals surface area contributed by atoms with E-state index in [0.717, 1.165) is 82.3 Å². The van der Waals surface area contributed by atoms with E-state index in [1.54, 1.807) is 6.26 Å². The average molecular weight is 517 g/mol. The number of halogens is 1. The van der Waals surface area contributed by atoms with Crippen molar-refractivity contribution in [2.24, 2.45) is 22.7 Å². The summed E-state index contributed by atoms with van der Waals surface area (Å²) in [6.45, 7) is 4.96. The van der Waals surface area contributed by atoms with E-state index in [2.05, 4.69) is 10.6 Å². The second-order valence-electron chi connectivity index (χ2n) is 8.57. The number of hydrogen-bond acceptors (Lipinski definition) is 4. The number of nitrogens with one attached hydrogen (secondary N) is 2. The molecule has 2 heterocycles. The molecule has 164 valence electrons. The third-order valence-electron chi connectivity index (χ3n) is 6.40. The Morgan fingerprint density at radius 3 is 2.93 bits per heavy atom. The van der Waals surface area contributed by atoms with Crippen LogP contribution >= 0.6 is 24.0 Å². The molecule has 3 fully saturated rings. The SMILES string of the molecule is I.c1coc(CCNC(=NCCCOCC2CCOC2)NC2CC3CCC2C3)c1. The average Bonchev–Trinajstić information content (AvgIpc) is 3.50. The lowest BCUT2D eigenvalue weighted by Crippen LogP contribution is -2.46. The van der Waals surface area contributed by atoms with Gasteiger partial charge in [-0.15, -0.1) is 24.0 Å². The van der Waals surface area contributed by atoms with Crippen LogP contribution in [0.15, 0.2) is 27.8 Å². The van der Waals surface area contributed by atoms with Crippen LogP contribution in [0.1, 0.15) is 44.3 Å². The second-order valence-corrected chi connectivity index (χ2v) is 8.57. The smallest absolute Gasteiger partial charge is 0.191 e. The van der Waals surface area contributed by atoms with Gasteiger partial charge in [0.2, 0.25) is 0 Å². The van der Waals surface area contributed by atoms with Gasteiger partial charge in [0.05, 0.1) is 19.5 Å². The first kappa shape index (κ1) is 22.9. The lowest BCUT2D eigenvalue weighted by atomic mass is 9.95. The van der Waals surface area contributed by atoms with Crippen LogP contribution < -0.4 is 10.6 Å². The minimum atomic E-state index is 0. The summed E-state index contributed by atoms with van der Waals surface area (Å²) in [6.07, 6.45) is 10.2. The molecule has 4 rings (SSSR count). The molecule has 0 spiro atoms. The Balaban J connectivity index is 0.00000240. The summed E-state index contributed by atoms with van der Waals surface area (Å²) in [4.78, 5) is 4.82. The van der Waals surface area contributed by atoms with E-state index in [4.69, 9.17) is 18.9 Å². The molecule has 1 aromatic rings. The van der Waals surface area contributed by atoms with Gasteiger partial charge in [-0.3, -0.25) is 4.99 Å². The first-order valence-electron chi connectivity index (χ1n) is 11.1. The number of guanidine groups is 1. The Morgan fingerprint density at radius 2 is 2.21 bits per heavy atom.